The van der Waals surface area contributed by atoms with Crippen LogP contribution in [0.4, 0.5) is 5.69 Å². The Balaban J connectivity index is 1.39. The molecule has 0 amide bonds. The molecule has 0 saturated carbocycles. The molecular weight excluding hydrogens is 419 g/mol. The molecule has 0 unspecified atom stereocenters. The normalized spacial score (nSPS) is 11.5. The highest BCUT2D eigenvalue weighted by Crippen LogP contribution is 2.29. The fourth-order valence-corrected chi connectivity index (χ4v) is 3.37. The van der Waals surface area contributed by atoms with Gasteiger partial charge in [-0.2, -0.15) is 0 Å². The molecule has 3 aromatic carbocycles. The molecule has 5 aromatic rings. The molecule has 0 saturated heterocycles. The third kappa shape index (κ3) is 3.88. The predicted octanol–water partition coefficient (Wildman–Crippen LogP) is 7.81. The number of rotatable bonds is 4. The van der Waals surface area contributed by atoms with Crippen molar-refractivity contribution in [1.29, 1.82) is 0 Å². The zero-order valence-electron chi connectivity index (χ0n) is 15.5. The number of hydrogen-bond acceptors (Lipinski definition) is 4. The minimum atomic E-state index is 0.521. The molecule has 146 valence electrons. The van der Waals surface area contributed by atoms with Gasteiger partial charge in [0, 0.05) is 21.2 Å². The maximum absolute atomic E-state index is 6.03. The zero-order chi connectivity index (χ0) is 20.5. The van der Waals surface area contributed by atoms with E-state index in [-0.39, 0.29) is 0 Å². The third-order valence-corrected chi connectivity index (χ3v) is 5.03. The van der Waals surface area contributed by atoms with E-state index in [1.807, 2.05) is 66.7 Å². The van der Waals surface area contributed by atoms with E-state index in [9.17, 15) is 0 Å². The number of halogens is 2. The number of aliphatic imine (C=N–C) groups is 1. The first-order chi connectivity index (χ1) is 14.6. The molecule has 5 rings (SSSR count). The van der Waals surface area contributed by atoms with Gasteiger partial charge in [-0.15, -0.1) is 0 Å². The number of oxazole rings is 1. The number of furan rings is 1. The minimum Gasteiger partial charge on any atom is -0.455 e. The highest BCUT2D eigenvalue weighted by Gasteiger charge is 2.09. The lowest BCUT2D eigenvalue weighted by molar-refractivity contribution is 0.575. The number of fused-ring (bicyclic) bond motifs is 1. The first kappa shape index (κ1) is 18.7. The molecule has 0 fully saturated rings. The molecule has 6 heteroatoms. The SMILES string of the molecule is Clc1ccc(-c2ccc(C=Nc3cccc(-c4nc5cc(Cl)ccc5o4)c3)o2)cc1. The Kier molecular flexibility index (Phi) is 4.87. The molecule has 0 bridgehead atoms. The monoisotopic (exact) mass is 432 g/mol. The van der Waals surface area contributed by atoms with Crippen LogP contribution in [-0.2, 0) is 0 Å². The molecule has 0 aliphatic carbocycles. The summed E-state index contributed by atoms with van der Waals surface area (Å²) in [6.07, 6.45) is 1.68. The fraction of sp³-hybridized carbons (Fsp3) is 0. The van der Waals surface area contributed by atoms with Gasteiger partial charge >= 0.3 is 0 Å². The predicted molar refractivity (Wildman–Crippen MR) is 121 cm³/mol. The summed E-state index contributed by atoms with van der Waals surface area (Å²) < 4.78 is 11.7. The Morgan fingerprint density at radius 2 is 1.60 bits per heavy atom. The maximum atomic E-state index is 6.03. The first-order valence-electron chi connectivity index (χ1n) is 9.20. The molecule has 0 spiro atoms. The van der Waals surface area contributed by atoms with Crippen LogP contribution in [0.1, 0.15) is 5.76 Å². The van der Waals surface area contributed by atoms with Gasteiger partial charge in [-0.3, -0.25) is 4.99 Å². The number of nitrogens with zero attached hydrogens (tertiary/aromatic N) is 2. The molecule has 0 radical (unpaired) electrons. The van der Waals surface area contributed by atoms with Crippen LogP contribution in [0.2, 0.25) is 10.0 Å². The Hall–Kier alpha value is -3.34. The van der Waals surface area contributed by atoms with Crippen molar-refractivity contribution >= 4 is 46.2 Å². The fourth-order valence-electron chi connectivity index (χ4n) is 3.07. The van der Waals surface area contributed by atoms with Crippen molar-refractivity contribution in [2.45, 2.75) is 0 Å². The van der Waals surface area contributed by atoms with Crippen molar-refractivity contribution in [3.05, 3.63) is 94.7 Å². The summed E-state index contributed by atoms with van der Waals surface area (Å²) >= 11 is 12.0. The number of benzene rings is 3. The lowest BCUT2D eigenvalue weighted by atomic mass is 10.2. The van der Waals surface area contributed by atoms with E-state index in [0.29, 0.717) is 27.3 Å². The summed E-state index contributed by atoms with van der Waals surface area (Å²) in [6, 6.07) is 24.3. The Morgan fingerprint density at radius 3 is 2.47 bits per heavy atom. The Labute approximate surface area is 182 Å². The van der Waals surface area contributed by atoms with Gasteiger partial charge in [-0.25, -0.2) is 4.98 Å². The van der Waals surface area contributed by atoms with Crippen molar-refractivity contribution in [2.24, 2.45) is 4.99 Å². The Morgan fingerprint density at radius 1 is 0.767 bits per heavy atom. The van der Waals surface area contributed by atoms with Gasteiger partial charge in [0.2, 0.25) is 5.89 Å². The summed E-state index contributed by atoms with van der Waals surface area (Å²) in [4.78, 5) is 9.04. The van der Waals surface area contributed by atoms with Crippen LogP contribution in [0, 0.1) is 0 Å². The largest absolute Gasteiger partial charge is 0.455 e. The summed E-state index contributed by atoms with van der Waals surface area (Å²) in [5.41, 5.74) is 3.96. The van der Waals surface area contributed by atoms with Gasteiger partial charge in [-0.1, -0.05) is 29.3 Å². The van der Waals surface area contributed by atoms with Crippen LogP contribution >= 0.6 is 23.2 Å². The van der Waals surface area contributed by atoms with Crippen LogP contribution in [0.3, 0.4) is 0 Å². The molecule has 4 nitrogen and oxygen atoms in total. The lowest BCUT2D eigenvalue weighted by Gasteiger charge is -1.98. The van der Waals surface area contributed by atoms with Crippen LogP contribution in [0.25, 0.3) is 33.9 Å². The van der Waals surface area contributed by atoms with Gasteiger partial charge in [0.05, 0.1) is 11.9 Å². The summed E-state index contributed by atoms with van der Waals surface area (Å²) in [7, 11) is 0. The van der Waals surface area contributed by atoms with Crippen LogP contribution < -0.4 is 0 Å². The molecule has 0 atom stereocenters. The molecular formula is C24H14Cl2N2O2. The van der Waals surface area contributed by atoms with Crippen molar-refractivity contribution < 1.29 is 8.83 Å². The van der Waals surface area contributed by atoms with Crippen molar-refractivity contribution in [2.75, 3.05) is 0 Å². The second-order valence-corrected chi connectivity index (χ2v) is 7.52. The molecule has 2 aromatic heterocycles. The van der Waals surface area contributed by atoms with E-state index < -0.39 is 0 Å². The van der Waals surface area contributed by atoms with Crippen molar-refractivity contribution in [3.8, 4) is 22.8 Å². The highest BCUT2D eigenvalue weighted by atomic mass is 35.5. The minimum absolute atomic E-state index is 0.521. The van der Waals surface area contributed by atoms with E-state index in [4.69, 9.17) is 32.0 Å². The smallest absolute Gasteiger partial charge is 0.227 e. The van der Waals surface area contributed by atoms with Gasteiger partial charge < -0.3 is 8.83 Å². The standard InChI is InChI=1S/C24H14Cl2N2O2/c25-17-6-4-15(5-7-17)22-11-9-20(29-22)14-27-19-3-1-2-16(12-19)24-28-21-13-18(26)8-10-23(21)30-24/h1-14H. The van der Waals surface area contributed by atoms with Gasteiger partial charge in [-0.05, 0) is 72.8 Å². The first-order valence-corrected chi connectivity index (χ1v) is 9.96. The van der Waals surface area contributed by atoms with Crippen molar-refractivity contribution in [1.82, 2.24) is 4.98 Å². The average Bonchev–Trinajstić information content (AvgIpc) is 3.40. The van der Waals surface area contributed by atoms with E-state index in [2.05, 4.69) is 9.98 Å². The third-order valence-electron chi connectivity index (χ3n) is 4.54. The van der Waals surface area contributed by atoms with E-state index in [1.54, 1.807) is 18.3 Å². The molecule has 2 heterocycles. The van der Waals surface area contributed by atoms with Crippen LogP contribution in [0.5, 0.6) is 0 Å². The number of hydrogen-bond donors (Lipinski definition) is 0. The average molecular weight is 433 g/mol. The van der Waals surface area contributed by atoms with Gasteiger partial charge in [0.25, 0.3) is 0 Å². The number of aromatic nitrogens is 1. The quantitative estimate of drug-likeness (QED) is 0.272. The molecule has 0 N–H and O–H groups in total. The topological polar surface area (TPSA) is 51.5 Å². The van der Waals surface area contributed by atoms with Crippen LogP contribution in [-0.4, -0.2) is 11.2 Å². The van der Waals surface area contributed by atoms with Gasteiger partial charge in [0.15, 0.2) is 5.58 Å². The maximum Gasteiger partial charge on any atom is 0.227 e. The van der Waals surface area contributed by atoms with E-state index >= 15 is 0 Å². The van der Waals surface area contributed by atoms with Gasteiger partial charge in [0.1, 0.15) is 17.0 Å². The zero-order valence-corrected chi connectivity index (χ0v) is 17.1. The summed E-state index contributed by atoms with van der Waals surface area (Å²) in [6.45, 7) is 0. The Bertz CT molecular complexity index is 1370. The van der Waals surface area contributed by atoms with Crippen LogP contribution in [0.15, 0.2) is 92.7 Å². The molecule has 30 heavy (non-hydrogen) atoms. The molecule has 0 aliphatic heterocycles. The second kappa shape index (κ2) is 7.82. The molecule has 0 aliphatic rings. The second-order valence-electron chi connectivity index (χ2n) is 6.65. The van der Waals surface area contributed by atoms with E-state index in [1.165, 1.54) is 0 Å². The van der Waals surface area contributed by atoms with Crippen molar-refractivity contribution in [3.63, 3.8) is 0 Å². The summed E-state index contributed by atoms with van der Waals surface area (Å²) in [5, 5.41) is 1.31. The highest BCUT2D eigenvalue weighted by molar-refractivity contribution is 6.31. The summed E-state index contributed by atoms with van der Waals surface area (Å²) in [5.74, 6) is 1.93. The lowest BCUT2D eigenvalue weighted by Crippen LogP contribution is -1.78. The van der Waals surface area contributed by atoms with E-state index in [0.717, 1.165) is 28.1 Å².